The number of rotatable bonds is 4. The first-order valence-corrected chi connectivity index (χ1v) is 5.30. The lowest BCUT2D eigenvalue weighted by Crippen LogP contribution is -2.06. The number of hydrogen-bond acceptors (Lipinski definition) is 3. The van der Waals surface area contributed by atoms with Crippen LogP contribution >= 0.6 is 0 Å². The average molecular weight is 247 g/mol. The van der Waals surface area contributed by atoms with Gasteiger partial charge >= 0.3 is 11.9 Å². The molecule has 5 heteroatoms. The van der Waals surface area contributed by atoms with Crippen molar-refractivity contribution in [2.75, 3.05) is 13.6 Å². The van der Waals surface area contributed by atoms with Crippen LogP contribution in [0.5, 0.6) is 0 Å². The summed E-state index contributed by atoms with van der Waals surface area (Å²) in [6.07, 6.45) is 0.593. The second-order valence-electron chi connectivity index (χ2n) is 3.53. The van der Waals surface area contributed by atoms with Gasteiger partial charge in [-0.05, 0) is 25.2 Å². The molecule has 0 saturated carbocycles. The molecule has 0 saturated heterocycles. The molecule has 0 aliphatic carbocycles. The van der Waals surface area contributed by atoms with Gasteiger partial charge in [-0.15, -0.1) is 0 Å². The molecular weight excluding hydrogens is 234 g/mol. The van der Waals surface area contributed by atoms with Crippen molar-refractivity contribution in [1.82, 2.24) is 5.32 Å². The van der Waals surface area contributed by atoms with Gasteiger partial charge in [0, 0.05) is 18.5 Å². The van der Waals surface area contributed by atoms with Gasteiger partial charge in [0.05, 0.1) is 11.1 Å². The summed E-state index contributed by atoms with van der Waals surface area (Å²) in [6, 6.07) is 3.88. The summed E-state index contributed by atoms with van der Waals surface area (Å²) >= 11 is 0. The molecule has 3 N–H and O–H groups in total. The van der Waals surface area contributed by atoms with Crippen LogP contribution in [0.25, 0.3) is 0 Å². The number of carbonyl (C=O) groups is 2. The minimum atomic E-state index is -1.18. The highest BCUT2D eigenvalue weighted by atomic mass is 16.4. The van der Waals surface area contributed by atoms with E-state index in [0.717, 1.165) is 6.07 Å². The first-order chi connectivity index (χ1) is 8.56. The predicted octanol–water partition coefficient (Wildman–Crippen LogP) is 1.04. The number of hydrogen-bond donors (Lipinski definition) is 3. The van der Waals surface area contributed by atoms with Crippen molar-refractivity contribution in [3.63, 3.8) is 0 Å². The molecule has 0 heterocycles. The van der Waals surface area contributed by atoms with E-state index in [1.54, 1.807) is 7.05 Å². The van der Waals surface area contributed by atoms with E-state index in [-0.39, 0.29) is 11.1 Å². The summed E-state index contributed by atoms with van der Waals surface area (Å²) < 4.78 is 0. The van der Waals surface area contributed by atoms with Gasteiger partial charge in [-0.3, -0.25) is 0 Å². The first kappa shape index (κ1) is 13.7. The van der Waals surface area contributed by atoms with E-state index >= 15 is 0 Å². The molecule has 0 fully saturated rings. The summed E-state index contributed by atoms with van der Waals surface area (Å²) in [5.41, 5.74) is 0.170. The number of aromatic carboxylic acids is 2. The summed E-state index contributed by atoms with van der Waals surface area (Å²) in [7, 11) is 1.80. The molecule has 0 aliphatic heterocycles. The Labute approximate surface area is 104 Å². The largest absolute Gasteiger partial charge is 0.478 e. The van der Waals surface area contributed by atoms with E-state index in [9.17, 15) is 9.59 Å². The smallest absolute Gasteiger partial charge is 0.336 e. The van der Waals surface area contributed by atoms with Crippen LogP contribution in [0.15, 0.2) is 18.2 Å². The summed E-state index contributed by atoms with van der Waals surface area (Å²) in [4.78, 5) is 21.8. The monoisotopic (exact) mass is 247 g/mol. The number of carboxylic acids is 2. The maximum absolute atomic E-state index is 11.0. The summed E-state index contributed by atoms with van der Waals surface area (Å²) in [6.45, 7) is 0.711. The van der Waals surface area contributed by atoms with E-state index in [1.807, 2.05) is 0 Å². The number of carboxylic acid groups (broad SMARTS) is 2. The van der Waals surface area contributed by atoms with Gasteiger partial charge in [0.2, 0.25) is 0 Å². The summed E-state index contributed by atoms with van der Waals surface area (Å²) in [5, 5.41) is 20.7. The predicted molar refractivity (Wildman–Crippen MR) is 65.8 cm³/mol. The van der Waals surface area contributed by atoms with Crippen molar-refractivity contribution in [2.24, 2.45) is 0 Å². The minimum Gasteiger partial charge on any atom is -0.478 e. The SMILES string of the molecule is CNCCC#Cc1ccc(C(=O)O)cc1C(=O)O. The zero-order chi connectivity index (χ0) is 13.5. The van der Waals surface area contributed by atoms with E-state index < -0.39 is 11.9 Å². The molecule has 0 bridgehead atoms. The van der Waals surface area contributed by atoms with Crippen molar-refractivity contribution >= 4 is 11.9 Å². The van der Waals surface area contributed by atoms with Crippen molar-refractivity contribution in [2.45, 2.75) is 6.42 Å². The van der Waals surface area contributed by atoms with Gasteiger partial charge in [0.15, 0.2) is 0 Å². The van der Waals surface area contributed by atoms with Crippen LogP contribution in [-0.2, 0) is 0 Å². The van der Waals surface area contributed by atoms with Crippen LogP contribution in [0.3, 0.4) is 0 Å². The lowest BCUT2D eigenvalue weighted by Gasteiger charge is -2.01. The Balaban J connectivity index is 3.07. The van der Waals surface area contributed by atoms with Crippen molar-refractivity contribution < 1.29 is 19.8 Å². The highest BCUT2D eigenvalue weighted by Gasteiger charge is 2.12. The minimum absolute atomic E-state index is 0.0619. The molecule has 0 spiro atoms. The second-order valence-corrected chi connectivity index (χ2v) is 3.53. The fraction of sp³-hybridized carbons (Fsp3) is 0.231. The molecule has 18 heavy (non-hydrogen) atoms. The molecule has 0 unspecified atom stereocenters. The van der Waals surface area contributed by atoms with E-state index in [4.69, 9.17) is 10.2 Å². The Hall–Kier alpha value is -2.32. The van der Waals surface area contributed by atoms with Crippen LogP contribution in [0, 0.1) is 11.8 Å². The van der Waals surface area contributed by atoms with Gasteiger partial charge in [-0.25, -0.2) is 9.59 Å². The van der Waals surface area contributed by atoms with Gasteiger partial charge < -0.3 is 15.5 Å². The Morgan fingerprint density at radius 2 is 2.00 bits per heavy atom. The molecule has 5 nitrogen and oxygen atoms in total. The van der Waals surface area contributed by atoms with Crippen molar-refractivity contribution in [1.29, 1.82) is 0 Å². The van der Waals surface area contributed by atoms with Crippen LogP contribution in [-0.4, -0.2) is 35.7 Å². The molecule has 0 atom stereocenters. The maximum atomic E-state index is 11.0. The fourth-order valence-electron chi connectivity index (χ4n) is 1.31. The third-order valence-corrected chi connectivity index (χ3v) is 2.22. The molecule has 0 aliphatic rings. The average Bonchev–Trinajstić information content (AvgIpc) is 2.34. The maximum Gasteiger partial charge on any atom is 0.336 e. The van der Waals surface area contributed by atoms with Crippen LogP contribution < -0.4 is 5.32 Å². The number of nitrogens with one attached hydrogen (secondary N) is 1. The molecular formula is C13H13NO4. The van der Waals surface area contributed by atoms with Crippen LogP contribution in [0.4, 0.5) is 0 Å². The van der Waals surface area contributed by atoms with Crippen molar-refractivity contribution in [3.8, 4) is 11.8 Å². The third kappa shape index (κ3) is 3.61. The van der Waals surface area contributed by atoms with E-state index in [1.165, 1.54) is 12.1 Å². The highest BCUT2D eigenvalue weighted by Crippen LogP contribution is 2.11. The molecule has 0 aromatic heterocycles. The van der Waals surface area contributed by atoms with Gasteiger partial charge in [-0.2, -0.15) is 0 Å². The Morgan fingerprint density at radius 1 is 1.28 bits per heavy atom. The Morgan fingerprint density at radius 3 is 2.56 bits per heavy atom. The lowest BCUT2D eigenvalue weighted by molar-refractivity contribution is 0.0695. The first-order valence-electron chi connectivity index (χ1n) is 5.30. The number of benzene rings is 1. The molecule has 0 radical (unpaired) electrons. The Kier molecular flexibility index (Phi) is 4.90. The normalized spacial score (nSPS) is 9.39. The quantitative estimate of drug-likeness (QED) is 0.546. The molecule has 0 amide bonds. The third-order valence-electron chi connectivity index (χ3n) is 2.22. The lowest BCUT2D eigenvalue weighted by atomic mass is 10.0. The topological polar surface area (TPSA) is 86.6 Å². The van der Waals surface area contributed by atoms with E-state index in [2.05, 4.69) is 17.2 Å². The second kappa shape index (κ2) is 6.42. The van der Waals surface area contributed by atoms with Gasteiger partial charge in [-0.1, -0.05) is 11.8 Å². The summed E-state index contributed by atoms with van der Waals surface area (Å²) in [5.74, 6) is 3.21. The molecule has 1 aromatic rings. The van der Waals surface area contributed by atoms with E-state index in [0.29, 0.717) is 18.5 Å². The molecule has 1 rings (SSSR count). The van der Waals surface area contributed by atoms with Crippen LogP contribution in [0.1, 0.15) is 32.7 Å². The van der Waals surface area contributed by atoms with Crippen LogP contribution in [0.2, 0.25) is 0 Å². The Bertz CT molecular complexity index is 526. The zero-order valence-electron chi connectivity index (χ0n) is 9.86. The molecule has 94 valence electrons. The highest BCUT2D eigenvalue weighted by molar-refractivity contribution is 5.95. The van der Waals surface area contributed by atoms with Gasteiger partial charge in [0.1, 0.15) is 0 Å². The van der Waals surface area contributed by atoms with Crippen molar-refractivity contribution in [3.05, 3.63) is 34.9 Å². The fourth-order valence-corrected chi connectivity index (χ4v) is 1.31. The van der Waals surface area contributed by atoms with Gasteiger partial charge in [0.25, 0.3) is 0 Å². The zero-order valence-corrected chi connectivity index (χ0v) is 9.86. The molecule has 1 aromatic carbocycles. The standard InChI is InChI=1S/C13H13NO4/c1-14-7-3-2-4-9-5-6-10(12(15)16)8-11(9)13(17)18/h5-6,8,14H,3,7H2,1H3,(H,15,16)(H,17,18).